The molecule has 1 heterocycles. The molecule has 3 amide bonds. The summed E-state index contributed by atoms with van der Waals surface area (Å²) in [4.78, 5) is 41.9. The molecule has 282 valence electrons. The Bertz CT molecular complexity index is 1650. The average Bonchev–Trinajstić information content (AvgIpc) is 3.09. The fourth-order valence-corrected chi connectivity index (χ4v) is 5.86. The van der Waals surface area contributed by atoms with Crippen LogP contribution in [0.25, 0.3) is 0 Å². The quantitative estimate of drug-likeness (QED) is 0.190. The van der Waals surface area contributed by atoms with Crippen LogP contribution >= 0.6 is 0 Å². The molecule has 1 aliphatic heterocycles. The first-order valence-electron chi connectivity index (χ1n) is 17.7. The Kier molecular flexibility index (Phi) is 13.6. The van der Waals surface area contributed by atoms with Crippen LogP contribution in [0.5, 0.6) is 11.5 Å². The van der Waals surface area contributed by atoms with E-state index in [1.165, 1.54) is 0 Å². The van der Waals surface area contributed by atoms with Crippen LogP contribution in [0.15, 0.2) is 66.7 Å². The molecule has 0 aliphatic carbocycles. The van der Waals surface area contributed by atoms with Crippen molar-refractivity contribution in [2.24, 2.45) is 0 Å². The van der Waals surface area contributed by atoms with Gasteiger partial charge < -0.3 is 39.2 Å². The highest BCUT2D eigenvalue weighted by molar-refractivity contribution is 5.70. The van der Waals surface area contributed by atoms with Gasteiger partial charge in [0.25, 0.3) is 0 Å². The van der Waals surface area contributed by atoms with Gasteiger partial charge in [0.1, 0.15) is 29.3 Å². The summed E-state index contributed by atoms with van der Waals surface area (Å²) in [5.41, 5.74) is 3.44. The predicted octanol–water partition coefficient (Wildman–Crippen LogP) is 7.04. The minimum absolute atomic E-state index is 0.168. The molecule has 52 heavy (non-hydrogen) atoms. The summed E-state index contributed by atoms with van der Waals surface area (Å²) < 4.78 is 28.1. The number of anilines is 1. The Labute approximate surface area is 307 Å². The molecule has 0 radical (unpaired) electrons. The number of alkyl carbamates (subject to hydrolysis) is 2. The smallest absolute Gasteiger partial charge is 0.410 e. The second-order valence-electron chi connectivity index (χ2n) is 14.6. The maximum absolute atomic E-state index is 13.6. The van der Waals surface area contributed by atoms with Crippen molar-refractivity contribution < 1.29 is 38.1 Å². The third kappa shape index (κ3) is 12.0. The lowest BCUT2D eigenvalue weighted by molar-refractivity contribution is 0.0517. The summed E-state index contributed by atoms with van der Waals surface area (Å²) in [7, 11) is 3.24. The fourth-order valence-electron chi connectivity index (χ4n) is 5.86. The molecule has 3 aromatic carbocycles. The zero-order valence-electron chi connectivity index (χ0n) is 31.7. The van der Waals surface area contributed by atoms with Crippen molar-refractivity contribution in [2.45, 2.75) is 78.2 Å². The summed E-state index contributed by atoms with van der Waals surface area (Å²) >= 11 is 0. The van der Waals surface area contributed by atoms with Gasteiger partial charge in [0.05, 0.1) is 20.3 Å². The number of benzene rings is 3. The number of carbonyl (C=O) groups is 3. The first-order chi connectivity index (χ1) is 24.7. The number of piperazine rings is 1. The molecule has 1 fully saturated rings. The number of ether oxygens (including phenoxy) is 5. The van der Waals surface area contributed by atoms with E-state index < -0.39 is 29.5 Å². The van der Waals surface area contributed by atoms with E-state index in [9.17, 15) is 14.4 Å². The fraction of sp³-hybridized carbons (Fsp3) is 0.475. The molecule has 0 bridgehead atoms. The van der Waals surface area contributed by atoms with Gasteiger partial charge in [-0.3, -0.25) is 4.90 Å². The van der Waals surface area contributed by atoms with E-state index in [-0.39, 0.29) is 12.6 Å². The van der Waals surface area contributed by atoms with E-state index in [0.29, 0.717) is 57.1 Å². The Balaban J connectivity index is 1.52. The van der Waals surface area contributed by atoms with Crippen molar-refractivity contribution >= 4 is 24.0 Å². The number of rotatable bonds is 12. The molecule has 0 spiro atoms. The molecule has 1 atom stereocenters. The lowest BCUT2D eigenvalue weighted by Crippen LogP contribution is -2.51. The molecule has 12 nitrogen and oxygen atoms in total. The van der Waals surface area contributed by atoms with Crippen LogP contribution in [0.1, 0.15) is 69.8 Å². The van der Waals surface area contributed by atoms with Crippen molar-refractivity contribution in [3.63, 3.8) is 0 Å². The first kappa shape index (κ1) is 39.7. The molecule has 12 heteroatoms. The summed E-state index contributed by atoms with van der Waals surface area (Å²) in [6.07, 6.45) is -0.245. The van der Waals surface area contributed by atoms with Gasteiger partial charge in [0.15, 0.2) is 0 Å². The second kappa shape index (κ2) is 17.9. The highest BCUT2D eigenvalue weighted by Crippen LogP contribution is 2.34. The molecule has 2 N–H and O–H groups in total. The molecule has 1 unspecified atom stereocenters. The topological polar surface area (TPSA) is 128 Å². The summed E-state index contributed by atoms with van der Waals surface area (Å²) in [6.45, 7) is 13.4. The second-order valence-corrected chi connectivity index (χ2v) is 14.6. The van der Waals surface area contributed by atoms with Crippen LogP contribution in [0, 0.1) is 0 Å². The third-order valence-corrected chi connectivity index (χ3v) is 8.28. The minimum atomic E-state index is -0.584. The minimum Gasteiger partial charge on any atom is -0.496 e. The van der Waals surface area contributed by atoms with Crippen molar-refractivity contribution in [1.29, 1.82) is 0 Å². The Hall–Kier alpha value is -5.13. The highest BCUT2D eigenvalue weighted by Gasteiger charge is 2.34. The normalized spacial score (nSPS) is 14.7. The molecule has 1 aliphatic rings. The number of amides is 3. The zero-order valence-corrected chi connectivity index (χ0v) is 31.7. The molecule has 1 saturated heterocycles. The first-order valence-corrected chi connectivity index (χ1v) is 17.7. The van der Waals surface area contributed by atoms with Gasteiger partial charge in [-0.05, 0) is 88.8 Å². The number of nitrogens with zero attached hydrogens (tertiary/aromatic N) is 2. The van der Waals surface area contributed by atoms with E-state index in [2.05, 4.69) is 15.5 Å². The van der Waals surface area contributed by atoms with Gasteiger partial charge >= 0.3 is 18.3 Å². The van der Waals surface area contributed by atoms with Crippen molar-refractivity contribution in [3.8, 4) is 11.5 Å². The lowest BCUT2D eigenvalue weighted by Gasteiger charge is -2.42. The molecular formula is C40H54N4O8. The Morgan fingerprint density at radius 3 is 1.85 bits per heavy atom. The Morgan fingerprint density at radius 2 is 1.29 bits per heavy atom. The Morgan fingerprint density at radius 1 is 0.731 bits per heavy atom. The van der Waals surface area contributed by atoms with Gasteiger partial charge in [0.2, 0.25) is 0 Å². The number of hydrogen-bond acceptors (Lipinski definition) is 9. The van der Waals surface area contributed by atoms with E-state index in [1.807, 2.05) is 108 Å². The van der Waals surface area contributed by atoms with E-state index in [0.717, 1.165) is 27.9 Å². The largest absolute Gasteiger partial charge is 0.496 e. The van der Waals surface area contributed by atoms with Crippen LogP contribution in [0.3, 0.4) is 0 Å². The maximum Gasteiger partial charge on any atom is 0.410 e. The zero-order chi connectivity index (χ0) is 37.9. The molecule has 0 aromatic heterocycles. The van der Waals surface area contributed by atoms with Gasteiger partial charge in [-0.25, -0.2) is 14.4 Å². The van der Waals surface area contributed by atoms with Crippen LogP contribution in [-0.2, 0) is 33.7 Å². The van der Waals surface area contributed by atoms with E-state index >= 15 is 0 Å². The molecule has 4 rings (SSSR count). The van der Waals surface area contributed by atoms with Gasteiger partial charge in [-0.15, -0.1) is 0 Å². The van der Waals surface area contributed by atoms with E-state index in [4.69, 9.17) is 23.7 Å². The molecule has 3 aromatic rings. The average molecular weight is 719 g/mol. The molecule has 0 saturated carbocycles. The highest BCUT2D eigenvalue weighted by atomic mass is 16.6. The predicted molar refractivity (Wildman–Crippen MR) is 200 cm³/mol. The summed E-state index contributed by atoms with van der Waals surface area (Å²) in [5.74, 6) is 1.36. The number of nitrogens with one attached hydrogen (secondary N) is 2. The lowest BCUT2D eigenvalue weighted by atomic mass is 9.98. The number of carbonyl (C=O) groups excluding carboxylic acids is 3. The van der Waals surface area contributed by atoms with Crippen LogP contribution in [0.4, 0.5) is 20.1 Å². The van der Waals surface area contributed by atoms with Crippen molar-refractivity contribution in [3.05, 3.63) is 89.0 Å². The SMILES string of the molecule is COc1cc(C2CN(c3ccc(CCNC(=O)OC(C)(C)C)c(OC)c3)CCN2C(=O)OCc2ccccc2)ccc1CCNC(=O)OC(C)(C)C. The maximum atomic E-state index is 13.6. The standard InChI is InChI=1S/C40H54N4O8/c1-39(2,3)51-36(45)41-20-18-29-14-15-31(24-34(29)48-7)33-26-43(22-23-44(33)38(47)50-27-28-12-10-9-11-13-28)32-17-16-30(35(25-32)49-8)19-21-42-37(46)52-40(4,5)6/h9-17,24-25,33H,18-23,26-27H2,1-8H3,(H,41,45)(H,42,46). The molecular weight excluding hydrogens is 664 g/mol. The summed E-state index contributed by atoms with van der Waals surface area (Å²) in [6, 6.07) is 21.2. The monoisotopic (exact) mass is 718 g/mol. The van der Waals surface area contributed by atoms with Crippen LogP contribution in [-0.4, -0.2) is 81.3 Å². The van der Waals surface area contributed by atoms with Crippen molar-refractivity contribution in [2.75, 3.05) is 51.8 Å². The summed E-state index contributed by atoms with van der Waals surface area (Å²) in [5, 5.41) is 5.60. The van der Waals surface area contributed by atoms with Gasteiger partial charge in [-0.1, -0.05) is 48.5 Å². The van der Waals surface area contributed by atoms with Gasteiger partial charge in [-0.2, -0.15) is 0 Å². The van der Waals surface area contributed by atoms with E-state index in [1.54, 1.807) is 19.1 Å². The number of methoxy groups -OCH3 is 2. The van der Waals surface area contributed by atoms with Crippen LogP contribution in [0.2, 0.25) is 0 Å². The van der Waals surface area contributed by atoms with Gasteiger partial charge in [0, 0.05) is 44.5 Å². The third-order valence-electron chi connectivity index (χ3n) is 8.28. The van der Waals surface area contributed by atoms with Crippen LogP contribution < -0.4 is 25.0 Å². The number of hydrogen-bond donors (Lipinski definition) is 2. The van der Waals surface area contributed by atoms with Crippen molar-refractivity contribution in [1.82, 2.24) is 15.5 Å².